The van der Waals surface area contributed by atoms with Gasteiger partial charge in [0.15, 0.2) is 0 Å². The number of thiocarbonyl (C=S) groups is 2. The molecule has 0 radical (unpaired) electrons. The van der Waals surface area contributed by atoms with Crippen molar-refractivity contribution in [2.24, 2.45) is 0 Å². The van der Waals surface area contributed by atoms with Crippen molar-refractivity contribution in [1.29, 1.82) is 0 Å². The van der Waals surface area contributed by atoms with Gasteiger partial charge >= 0.3 is 6.36 Å². The highest BCUT2D eigenvalue weighted by atomic mass is 79.9. The van der Waals surface area contributed by atoms with Gasteiger partial charge < -0.3 is 4.74 Å². The monoisotopic (exact) mass is 494 g/mol. The fourth-order valence-electron chi connectivity index (χ4n) is 2.42. The first-order chi connectivity index (χ1) is 12.0. The second-order valence-corrected chi connectivity index (χ2v) is 9.27. The molecule has 146 valence electrons. The van der Waals surface area contributed by atoms with E-state index in [4.69, 9.17) is 24.4 Å². The predicted molar refractivity (Wildman–Crippen MR) is 119 cm³/mol. The summed E-state index contributed by atoms with van der Waals surface area (Å²) >= 11 is 15.6. The van der Waals surface area contributed by atoms with E-state index >= 15 is 0 Å². The molecule has 2 aromatic rings. The number of hydrogen-bond acceptors (Lipinski definition) is 4. The zero-order chi connectivity index (χ0) is 19.5. The molecule has 2 rings (SSSR count). The molecular formula is C19H18BrF3OS3. The Morgan fingerprint density at radius 3 is 2.11 bits per heavy atom. The number of thioether (sulfide) groups is 1. The van der Waals surface area contributed by atoms with Crippen LogP contribution in [0.5, 0.6) is 5.75 Å². The van der Waals surface area contributed by atoms with Crippen LogP contribution in [-0.2, 0) is 5.41 Å². The van der Waals surface area contributed by atoms with E-state index in [1.165, 1.54) is 23.9 Å². The first-order valence-corrected chi connectivity index (χ1v) is 9.80. The van der Waals surface area contributed by atoms with Crippen LogP contribution in [0, 0.1) is 0 Å². The van der Waals surface area contributed by atoms with Crippen LogP contribution in [0.4, 0.5) is 13.2 Å². The largest absolute Gasteiger partial charge is 0.573 e. The summed E-state index contributed by atoms with van der Waals surface area (Å²) in [4.78, 5) is 0. The Balaban J connectivity index is 0.00000364. The Bertz CT molecular complexity index is 822. The number of rotatable bonds is 4. The van der Waals surface area contributed by atoms with Crippen molar-refractivity contribution in [3.63, 3.8) is 0 Å². The normalized spacial score (nSPS) is 13.3. The summed E-state index contributed by atoms with van der Waals surface area (Å²) < 4.78 is 43.3. The summed E-state index contributed by atoms with van der Waals surface area (Å²) in [5.41, 5.74) is 0.935. The molecule has 2 aromatic carbocycles. The van der Waals surface area contributed by atoms with Crippen molar-refractivity contribution in [1.82, 2.24) is 0 Å². The average molecular weight is 495 g/mol. The molecule has 0 aliphatic rings. The van der Waals surface area contributed by atoms with Gasteiger partial charge in [-0.05, 0) is 49.2 Å². The Morgan fingerprint density at radius 1 is 1.04 bits per heavy atom. The highest BCUT2D eigenvalue weighted by molar-refractivity contribution is 9.10. The zero-order valence-electron chi connectivity index (χ0n) is 13.8. The molecule has 0 saturated carbocycles. The fourth-order valence-corrected chi connectivity index (χ4v) is 4.54. The van der Waals surface area contributed by atoms with Crippen molar-refractivity contribution in [2.75, 3.05) is 0 Å². The molecule has 1 atom stereocenters. The molecule has 0 bridgehead atoms. The maximum Gasteiger partial charge on any atom is 0.573 e. The number of ether oxygens (including phenoxy) is 1. The summed E-state index contributed by atoms with van der Waals surface area (Å²) in [6.45, 7) is 3.72. The summed E-state index contributed by atoms with van der Waals surface area (Å²) in [6.07, 6.45) is -4.73. The lowest BCUT2D eigenvalue weighted by molar-refractivity contribution is -0.274. The molecule has 0 amide bonds. The summed E-state index contributed by atoms with van der Waals surface area (Å²) in [6, 6.07) is 13.4. The van der Waals surface area contributed by atoms with Crippen molar-refractivity contribution in [2.45, 2.75) is 33.1 Å². The number of hydrogen-bond donors (Lipinski definition) is 0. The van der Waals surface area contributed by atoms with E-state index in [-0.39, 0.29) is 13.2 Å². The van der Waals surface area contributed by atoms with Crippen LogP contribution < -0.4 is 4.74 Å². The quantitative estimate of drug-likeness (QED) is 0.402. The topological polar surface area (TPSA) is 9.23 Å². The van der Waals surface area contributed by atoms with Gasteiger partial charge in [0.05, 0.1) is 13.8 Å². The third-order valence-corrected chi connectivity index (χ3v) is 5.99. The van der Waals surface area contributed by atoms with E-state index in [1.54, 1.807) is 19.1 Å². The second kappa shape index (κ2) is 9.49. The Morgan fingerprint density at radius 2 is 1.63 bits per heavy atom. The zero-order valence-corrected chi connectivity index (χ0v) is 17.8. The van der Waals surface area contributed by atoms with E-state index in [9.17, 15) is 13.2 Å². The van der Waals surface area contributed by atoms with Crippen LogP contribution in [0.1, 0.15) is 32.4 Å². The highest BCUT2D eigenvalue weighted by Gasteiger charge is 2.35. The van der Waals surface area contributed by atoms with Crippen molar-refractivity contribution in [3.05, 3.63) is 64.1 Å². The standard InChI is InChI=1S/C18H14BrF3OS3.CH4/c1-11(24)26-16(25)17(2,13-4-3-5-14(19)10-13)12-6-8-15(9-7-12)23-18(20,21)22;/h3-10H,1-2H3;1H4. The third-order valence-electron chi connectivity index (χ3n) is 3.71. The molecule has 0 N–H and O–H groups in total. The van der Waals surface area contributed by atoms with Gasteiger partial charge in [-0.2, -0.15) is 0 Å². The second-order valence-electron chi connectivity index (χ2n) is 5.59. The minimum Gasteiger partial charge on any atom is -0.406 e. The number of halogens is 4. The van der Waals surface area contributed by atoms with E-state index < -0.39 is 11.8 Å². The van der Waals surface area contributed by atoms with E-state index in [0.717, 1.165) is 15.6 Å². The first-order valence-electron chi connectivity index (χ1n) is 7.37. The van der Waals surface area contributed by atoms with E-state index in [1.807, 2.05) is 31.2 Å². The lowest BCUT2D eigenvalue weighted by atomic mass is 9.78. The highest BCUT2D eigenvalue weighted by Crippen LogP contribution is 2.40. The predicted octanol–water partition coefficient (Wildman–Crippen LogP) is 7.70. The van der Waals surface area contributed by atoms with Crippen LogP contribution >= 0.6 is 52.1 Å². The number of alkyl halides is 3. The molecule has 8 heteroatoms. The van der Waals surface area contributed by atoms with Crippen molar-refractivity contribution >= 4 is 60.5 Å². The van der Waals surface area contributed by atoms with Gasteiger partial charge in [0.25, 0.3) is 0 Å². The molecule has 0 aliphatic carbocycles. The summed E-state index contributed by atoms with van der Waals surface area (Å²) in [5.74, 6) is -0.276. The minimum absolute atomic E-state index is 0. The van der Waals surface area contributed by atoms with Gasteiger partial charge in [-0.25, -0.2) is 0 Å². The van der Waals surface area contributed by atoms with Gasteiger partial charge in [-0.15, -0.1) is 13.2 Å². The minimum atomic E-state index is -4.73. The van der Waals surface area contributed by atoms with E-state index in [0.29, 0.717) is 8.39 Å². The van der Waals surface area contributed by atoms with Gasteiger partial charge in [-0.3, -0.25) is 0 Å². The maximum absolute atomic E-state index is 12.4. The summed E-state index contributed by atoms with van der Waals surface area (Å²) in [7, 11) is 0. The van der Waals surface area contributed by atoms with E-state index in [2.05, 4.69) is 20.7 Å². The van der Waals surface area contributed by atoms with Gasteiger partial charge in [0.1, 0.15) is 5.75 Å². The van der Waals surface area contributed by atoms with Crippen LogP contribution in [-0.4, -0.2) is 14.8 Å². The molecule has 0 heterocycles. The maximum atomic E-state index is 12.4. The van der Waals surface area contributed by atoms with Crippen LogP contribution in [0.3, 0.4) is 0 Å². The first kappa shape index (κ1) is 24.1. The molecule has 0 saturated heterocycles. The van der Waals surface area contributed by atoms with Gasteiger partial charge in [-0.1, -0.05) is 83.8 Å². The van der Waals surface area contributed by atoms with Crippen molar-refractivity contribution in [3.8, 4) is 5.75 Å². The third kappa shape index (κ3) is 6.27. The molecule has 1 unspecified atom stereocenters. The van der Waals surface area contributed by atoms with Crippen LogP contribution in [0.25, 0.3) is 0 Å². The molecular weight excluding hydrogens is 477 g/mol. The molecule has 1 nitrogen and oxygen atoms in total. The average Bonchev–Trinajstić information content (AvgIpc) is 2.52. The molecule has 27 heavy (non-hydrogen) atoms. The smallest absolute Gasteiger partial charge is 0.406 e. The molecule has 0 aliphatic heterocycles. The summed E-state index contributed by atoms with van der Waals surface area (Å²) in [5, 5.41) is 0. The Kier molecular flexibility index (Phi) is 8.47. The van der Waals surface area contributed by atoms with Crippen LogP contribution in [0.15, 0.2) is 53.0 Å². The van der Waals surface area contributed by atoms with Crippen molar-refractivity contribution < 1.29 is 17.9 Å². The fraction of sp³-hybridized carbons (Fsp3) is 0.263. The number of benzene rings is 2. The molecule has 0 fully saturated rings. The van der Waals surface area contributed by atoms with Gasteiger partial charge in [0, 0.05) is 4.47 Å². The molecule has 0 spiro atoms. The SMILES string of the molecule is C.CC(=S)SC(=S)C(C)(c1ccc(OC(F)(F)F)cc1)c1cccc(Br)c1. The lowest BCUT2D eigenvalue weighted by Gasteiger charge is -2.31. The molecule has 0 aromatic heterocycles. The lowest BCUT2D eigenvalue weighted by Crippen LogP contribution is -2.31. The Labute approximate surface area is 180 Å². The van der Waals surface area contributed by atoms with Crippen LogP contribution in [0.2, 0.25) is 0 Å². The Hall–Kier alpha value is -0.960. The van der Waals surface area contributed by atoms with Gasteiger partial charge in [0.2, 0.25) is 0 Å².